The summed E-state index contributed by atoms with van der Waals surface area (Å²) >= 11 is 0. The lowest BCUT2D eigenvalue weighted by molar-refractivity contribution is 0.0603. The van der Waals surface area contributed by atoms with Gasteiger partial charge in [-0.15, -0.1) is 0 Å². The maximum atomic E-state index is 9.71. The van der Waals surface area contributed by atoms with Crippen LogP contribution in [0.3, 0.4) is 0 Å². The van der Waals surface area contributed by atoms with Gasteiger partial charge in [0, 0.05) is 0 Å². The predicted molar refractivity (Wildman–Crippen MR) is 47.4 cm³/mol. The Kier molecular flexibility index (Phi) is 2.58. The summed E-state index contributed by atoms with van der Waals surface area (Å²) in [6.45, 7) is 6.50. The van der Waals surface area contributed by atoms with Crippen molar-refractivity contribution in [1.29, 1.82) is 0 Å². The molecular weight excluding hydrogens is 136 g/mol. The van der Waals surface area contributed by atoms with Crippen molar-refractivity contribution in [2.45, 2.75) is 52.1 Å². The summed E-state index contributed by atoms with van der Waals surface area (Å²) in [6.07, 6.45) is 4.49. The third-order valence-corrected chi connectivity index (χ3v) is 3.20. The van der Waals surface area contributed by atoms with E-state index in [2.05, 4.69) is 13.8 Å². The maximum Gasteiger partial charge on any atom is 0.0622 e. The smallest absolute Gasteiger partial charge is 0.0622 e. The molecule has 0 spiro atoms. The highest BCUT2D eigenvalue weighted by molar-refractivity contribution is 4.86. The maximum absolute atomic E-state index is 9.71. The van der Waals surface area contributed by atoms with E-state index >= 15 is 0 Å². The Hall–Kier alpha value is -0.0400. The second-order valence-corrected chi connectivity index (χ2v) is 4.39. The summed E-state index contributed by atoms with van der Waals surface area (Å²) in [5.74, 6) is 1.57. The fourth-order valence-electron chi connectivity index (χ4n) is 2.08. The molecule has 0 saturated heterocycles. The van der Waals surface area contributed by atoms with E-state index in [9.17, 15) is 5.11 Å². The summed E-state index contributed by atoms with van der Waals surface area (Å²) in [7, 11) is 0. The average Bonchev–Trinajstić information content (AvgIpc) is 2.29. The molecular formula is C10H20O. The first-order valence-electron chi connectivity index (χ1n) is 4.77. The van der Waals surface area contributed by atoms with Gasteiger partial charge in [0.15, 0.2) is 0 Å². The Morgan fingerprint density at radius 3 is 2.64 bits per heavy atom. The van der Waals surface area contributed by atoms with Crippen LogP contribution in [-0.4, -0.2) is 10.7 Å². The van der Waals surface area contributed by atoms with Gasteiger partial charge in [-0.05, 0) is 38.0 Å². The first-order valence-corrected chi connectivity index (χ1v) is 4.77. The van der Waals surface area contributed by atoms with Crippen molar-refractivity contribution in [1.82, 2.24) is 0 Å². The van der Waals surface area contributed by atoms with E-state index in [0.29, 0.717) is 0 Å². The normalized spacial score (nSPS) is 40.9. The Balaban J connectivity index is 2.41. The third-order valence-electron chi connectivity index (χ3n) is 3.20. The summed E-state index contributed by atoms with van der Waals surface area (Å²) in [6, 6.07) is 0. The van der Waals surface area contributed by atoms with Crippen LogP contribution in [0.15, 0.2) is 0 Å². The molecule has 1 unspecified atom stereocenters. The number of aliphatic hydroxyl groups is 1. The van der Waals surface area contributed by atoms with Crippen LogP contribution in [-0.2, 0) is 0 Å². The summed E-state index contributed by atoms with van der Waals surface area (Å²) in [5, 5.41) is 9.71. The fraction of sp³-hybridized carbons (Fsp3) is 1.00. The Morgan fingerprint density at radius 2 is 2.27 bits per heavy atom. The molecule has 3 atom stereocenters. The zero-order valence-corrected chi connectivity index (χ0v) is 7.93. The number of hydrogen-bond donors (Lipinski definition) is 1. The molecule has 0 amide bonds. The molecule has 1 heteroatoms. The van der Waals surface area contributed by atoms with Gasteiger partial charge in [0.25, 0.3) is 0 Å². The predicted octanol–water partition coefficient (Wildman–Crippen LogP) is 2.58. The van der Waals surface area contributed by atoms with Crippen molar-refractivity contribution in [3.05, 3.63) is 0 Å². The number of hydrogen-bond acceptors (Lipinski definition) is 1. The molecule has 66 valence electrons. The van der Waals surface area contributed by atoms with Crippen LogP contribution in [0.2, 0.25) is 0 Å². The minimum atomic E-state index is -0.353. The van der Waals surface area contributed by atoms with E-state index < -0.39 is 0 Å². The monoisotopic (exact) mass is 156 g/mol. The molecule has 0 radical (unpaired) electrons. The van der Waals surface area contributed by atoms with E-state index in [4.69, 9.17) is 0 Å². The van der Waals surface area contributed by atoms with Gasteiger partial charge < -0.3 is 5.11 Å². The van der Waals surface area contributed by atoms with E-state index in [-0.39, 0.29) is 5.60 Å². The Bertz CT molecular complexity index is 129. The van der Waals surface area contributed by atoms with Crippen LogP contribution in [0.1, 0.15) is 46.5 Å². The molecule has 1 fully saturated rings. The Labute approximate surface area is 69.8 Å². The Morgan fingerprint density at radius 1 is 1.64 bits per heavy atom. The van der Waals surface area contributed by atoms with Crippen LogP contribution in [0.4, 0.5) is 0 Å². The van der Waals surface area contributed by atoms with E-state index in [0.717, 1.165) is 24.7 Å². The average molecular weight is 156 g/mol. The molecule has 1 nitrogen and oxygen atoms in total. The highest BCUT2D eigenvalue weighted by Crippen LogP contribution is 2.39. The molecule has 1 saturated carbocycles. The van der Waals surface area contributed by atoms with E-state index in [1.54, 1.807) is 0 Å². The van der Waals surface area contributed by atoms with Crippen molar-refractivity contribution < 1.29 is 5.11 Å². The fourth-order valence-corrected chi connectivity index (χ4v) is 2.08. The van der Waals surface area contributed by atoms with Crippen molar-refractivity contribution in [2.24, 2.45) is 11.8 Å². The lowest BCUT2D eigenvalue weighted by Gasteiger charge is -2.19. The zero-order chi connectivity index (χ0) is 8.48. The molecule has 0 aromatic rings. The number of rotatable bonds is 2. The lowest BCUT2D eigenvalue weighted by Crippen LogP contribution is -2.20. The molecule has 0 heterocycles. The minimum Gasteiger partial charge on any atom is -0.390 e. The second kappa shape index (κ2) is 3.14. The van der Waals surface area contributed by atoms with Crippen LogP contribution in [0.25, 0.3) is 0 Å². The molecule has 1 N–H and O–H groups in total. The molecule has 11 heavy (non-hydrogen) atoms. The van der Waals surface area contributed by atoms with Crippen LogP contribution in [0.5, 0.6) is 0 Å². The minimum absolute atomic E-state index is 0.353. The molecule has 1 aliphatic rings. The molecule has 1 rings (SSSR count). The quantitative estimate of drug-likeness (QED) is 0.651. The molecule has 0 bridgehead atoms. The van der Waals surface area contributed by atoms with Crippen molar-refractivity contribution in [3.8, 4) is 0 Å². The zero-order valence-electron chi connectivity index (χ0n) is 7.93. The second-order valence-electron chi connectivity index (χ2n) is 4.39. The summed E-state index contributed by atoms with van der Waals surface area (Å²) in [5.41, 5.74) is -0.353. The largest absolute Gasteiger partial charge is 0.390 e. The topological polar surface area (TPSA) is 20.2 Å². The SMILES string of the molecule is CC[C@@H](C)C1CC[C@@](C)(O)C1. The molecule has 0 aliphatic heterocycles. The van der Waals surface area contributed by atoms with Crippen molar-refractivity contribution in [2.75, 3.05) is 0 Å². The van der Waals surface area contributed by atoms with Gasteiger partial charge in [0.05, 0.1) is 5.60 Å². The van der Waals surface area contributed by atoms with Crippen LogP contribution in [0, 0.1) is 11.8 Å². The van der Waals surface area contributed by atoms with Gasteiger partial charge in [-0.3, -0.25) is 0 Å². The highest BCUT2D eigenvalue weighted by Gasteiger charge is 2.34. The third kappa shape index (κ3) is 2.19. The van der Waals surface area contributed by atoms with Crippen molar-refractivity contribution >= 4 is 0 Å². The molecule has 0 aromatic heterocycles. The van der Waals surface area contributed by atoms with Crippen LogP contribution >= 0.6 is 0 Å². The lowest BCUT2D eigenvalue weighted by atomic mass is 9.89. The standard InChI is InChI=1S/C10H20O/c1-4-8(2)9-5-6-10(3,11)7-9/h8-9,11H,4-7H2,1-3H3/t8-,9?,10-/m1/s1. The first-order chi connectivity index (χ1) is 5.05. The van der Waals surface area contributed by atoms with Crippen LogP contribution < -0.4 is 0 Å². The van der Waals surface area contributed by atoms with Gasteiger partial charge >= 0.3 is 0 Å². The van der Waals surface area contributed by atoms with Gasteiger partial charge in [-0.1, -0.05) is 20.3 Å². The highest BCUT2D eigenvalue weighted by atomic mass is 16.3. The van der Waals surface area contributed by atoms with E-state index in [1.807, 2.05) is 6.92 Å². The molecule has 0 aromatic carbocycles. The van der Waals surface area contributed by atoms with Gasteiger partial charge in [0.2, 0.25) is 0 Å². The van der Waals surface area contributed by atoms with Gasteiger partial charge in [-0.2, -0.15) is 0 Å². The van der Waals surface area contributed by atoms with Gasteiger partial charge in [-0.25, -0.2) is 0 Å². The van der Waals surface area contributed by atoms with Gasteiger partial charge in [0.1, 0.15) is 0 Å². The summed E-state index contributed by atoms with van der Waals surface area (Å²) in [4.78, 5) is 0. The summed E-state index contributed by atoms with van der Waals surface area (Å²) < 4.78 is 0. The van der Waals surface area contributed by atoms with Crippen molar-refractivity contribution in [3.63, 3.8) is 0 Å². The first kappa shape index (κ1) is 9.05. The van der Waals surface area contributed by atoms with E-state index in [1.165, 1.54) is 12.8 Å². The molecule has 1 aliphatic carbocycles.